The highest BCUT2D eigenvalue weighted by molar-refractivity contribution is 7.18. The van der Waals surface area contributed by atoms with Gasteiger partial charge in [-0.05, 0) is 53.2 Å². The fraction of sp³-hybridized carbons (Fsp3) is 0.222. The molecule has 0 fully saturated rings. The van der Waals surface area contributed by atoms with Gasteiger partial charge in [0.05, 0.1) is 20.4 Å². The van der Waals surface area contributed by atoms with Crippen molar-refractivity contribution in [3.63, 3.8) is 0 Å². The Labute approximate surface area is 221 Å². The second-order valence-electron chi connectivity index (χ2n) is 8.76. The van der Waals surface area contributed by atoms with Crippen LogP contribution in [0.2, 0.25) is 0 Å². The summed E-state index contributed by atoms with van der Waals surface area (Å²) in [5.74, 6) is 2.00. The predicted octanol–water partition coefficient (Wildman–Crippen LogP) is 5.57. The lowest BCUT2D eigenvalue weighted by atomic mass is 9.99. The number of benzene rings is 2. The van der Waals surface area contributed by atoms with Gasteiger partial charge in [-0.3, -0.25) is 0 Å². The summed E-state index contributed by atoms with van der Waals surface area (Å²) in [5, 5.41) is 15.0. The van der Waals surface area contributed by atoms with E-state index < -0.39 is 6.09 Å². The van der Waals surface area contributed by atoms with Crippen LogP contribution in [0.4, 0.5) is 4.79 Å². The van der Waals surface area contributed by atoms with Gasteiger partial charge in [-0.1, -0.05) is 18.2 Å². The Bertz CT molecular complexity index is 1650. The van der Waals surface area contributed by atoms with Crippen molar-refractivity contribution in [1.82, 2.24) is 19.5 Å². The topological polar surface area (TPSA) is 112 Å². The first-order chi connectivity index (χ1) is 18.5. The maximum atomic E-state index is 11.2. The Morgan fingerprint density at radius 2 is 2.05 bits per heavy atom. The van der Waals surface area contributed by atoms with E-state index in [0.29, 0.717) is 59.1 Å². The van der Waals surface area contributed by atoms with Crippen LogP contribution in [-0.4, -0.2) is 58.0 Å². The predicted molar refractivity (Wildman–Crippen MR) is 142 cm³/mol. The van der Waals surface area contributed by atoms with Crippen molar-refractivity contribution in [3.8, 4) is 28.1 Å². The molecule has 1 aliphatic heterocycles. The number of hydrogen-bond donors (Lipinski definition) is 1. The van der Waals surface area contributed by atoms with Crippen LogP contribution in [0.25, 0.3) is 33.0 Å². The Kier molecular flexibility index (Phi) is 6.12. The van der Waals surface area contributed by atoms with Gasteiger partial charge in [0, 0.05) is 30.1 Å². The highest BCUT2D eigenvalue weighted by Gasteiger charge is 2.18. The zero-order valence-electron chi connectivity index (χ0n) is 20.7. The summed E-state index contributed by atoms with van der Waals surface area (Å²) >= 11 is 1.35. The Balaban J connectivity index is 1.25. The van der Waals surface area contributed by atoms with E-state index in [4.69, 9.17) is 18.6 Å². The van der Waals surface area contributed by atoms with E-state index in [1.165, 1.54) is 16.2 Å². The minimum atomic E-state index is -0.894. The van der Waals surface area contributed by atoms with Crippen LogP contribution < -0.4 is 14.2 Å². The number of carboxylic acid groups (broad SMARTS) is 1. The molecule has 1 aliphatic rings. The van der Waals surface area contributed by atoms with E-state index in [-0.39, 0.29) is 0 Å². The Morgan fingerprint density at radius 1 is 1.16 bits per heavy atom. The van der Waals surface area contributed by atoms with Gasteiger partial charge in [-0.2, -0.15) is 0 Å². The fourth-order valence-corrected chi connectivity index (χ4v) is 5.18. The molecule has 0 bridgehead atoms. The van der Waals surface area contributed by atoms with Gasteiger partial charge in [0.2, 0.25) is 4.96 Å². The van der Waals surface area contributed by atoms with Crippen molar-refractivity contribution in [2.75, 3.05) is 27.3 Å². The van der Waals surface area contributed by atoms with Crippen molar-refractivity contribution in [2.45, 2.75) is 13.0 Å². The molecule has 5 aromatic rings. The maximum Gasteiger partial charge on any atom is 0.407 e. The average molecular weight is 533 g/mol. The van der Waals surface area contributed by atoms with Crippen molar-refractivity contribution in [2.24, 2.45) is 0 Å². The summed E-state index contributed by atoms with van der Waals surface area (Å²) in [6.45, 7) is 1.17. The number of imidazole rings is 1. The van der Waals surface area contributed by atoms with Crippen LogP contribution in [0.1, 0.15) is 17.5 Å². The number of methoxy groups -OCH3 is 2. The molecule has 0 saturated heterocycles. The summed E-state index contributed by atoms with van der Waals surface area (Å²) in [7, 11) is 3.19. The quantitative estimate of drug-likeness (QED) is 0.290. The second kappa shape index (κ2) is 9.75. The zero-order chi connectivity index (χ0) is 26.2. The molecule has 0 radical (unpaired) electrons. The summed E-state index contributed by atoms with van der Waals surface area (Å²) in [6.07, 6.45) is 3.54. The van der Waals surface area contributed by atoms with Crippen LogP contribution in [0.5, 0.6) is 16.7 Å². The molecule has 0 atom stereocenters. The third-order valence-corrected chi connectivity index (χ3v) is 7.35. The van der Waals surface area contributed by atoms with Gasteiger partial charge in [-0.15, -0.1) is 5.10 Å². The first-order valence-corrected chi connectivity index (χ1v) is 12.7. The number of rotatable bonds is 7. The molecule has 0 unspecified atom stereocenters. The van der Waals surface area contributed by atoms with Crippen molar-refractivity contribution in [1.29, 1.82) is 0 Å². The van der Waals surface area contributed by atoms with Gasteiger partial charge in [0.25, 0.3) is 5.19 Å². The normalized spacial score (nSPS) is 13.6. The SMILES string of the molecule is COc1cc(COc2cccc(C3=CCN(C(=O)O)CC3)c2)c2cc(-c3cn4nc(OC)sc4n3)oc2c1. The number of amides is 1. The summed E-state index contributed by atoms with van der Waals surface area (Å²) < 4.78 is 24.7. The molecule has 0 aliphatic carbocycles. The summed E-state index contributed by atoms with van der Waals surface area (Å²) in [5.41, 5.74) is 4.39. The highest BCUT2D eigenvalue weighted by atomic mass is 32.1. The zero-order valence-corrected chi connectivity index (χ0v) is 21.5. The van der Waals surface area contributed by atoms with E-state index in [9.17, 15) is 9.90 Å². The minimum absolute atomic E-state index is 0.305. The van der Waals surface area contributed by atoms with Crippen LogP contribution in [0.3, 0.4) is 0 Å². The van der Waals surface area contributed by atoms with Gasteiger partial charge >= 0.3 is 6.09 Å². The number of carbonyl (C=O) groups is 1. The lowest BCUT2D eigenvalue weighted by Gasteiger charge is -2.24. The lowest BCUT2D eigenvalue weighted by molar-refractivity contribution is 0.150. The standard InChI is InChI=1S/C27H24N4O6S/c1-34-20-11-18(15-36-19-5-3-4-17(10-19)16-6-8-30(9-7-16)27(32)33)21-13-24(37-23(21)12-20)22-14-31-25(28-22)38-26(29-31)35-2/h3-6,10-14H,7-9,15H2,1-2H3,(H,32,33). The largest absolute Gasteiger partial charge is 0.497 e. The molecule has 38 heavy (non-hydrogen) atoms. The number of aromatic nitrogens is 3. The van der Waals surface area contributed by atoms with Crippen LogP contribution in [0, 0.1) is 0 Å². The molecule has 0 spiro atoms. The Morgan fingerprint density at radius 3 is 2.79 bits per heavy atom. The molecule has 1 N–H and O–H groups in total. The third kappa shape index (κ3) is 4.52. The molecule has 10 nitrogen and oxygen atoms in total. The van der Waals surface area contributed by atoms with Crippen LogP contribution in [-0.2, 0) is 6.61 Å². The number of ether oxygens (including phenoxy) is 3. The van der Waals surface area contributed by atoms with Gasteiger partial charge in [0.1, 0.15) is 29.4 Å². The maximum absolute atomic E-state index is 11.2. The monoisotopic (exact) mass is 532 g/mol. The third-order valence-electron chi connectivity index (χ3n) is 6.46. The van der Waals surface area contributed by atoms with Gasteiger partial charge in [-0.25, -0.2) is 14.3 Å². The molecule has 0 saturated carbocycles. The first kappa shape index (κ1) is 23.9. The number of fused-ring (bicyclic) bond motifs is 2. The van der Waals surface area contributed by atoms with Gasteiger partial charge in [0.15, 0.2) is 5.76 Å². The highest BCUT2D eigenvalue weighted by Crippen LogP contribution is 2.34. The van der Waals surface area contributed by atoms with E-state index in [1.807, 2.05) is 48.5 Å². The van der Waals surface area contributed by atoms with E-state index >= 15 is 0 Å². The van der Waals surface area contributed by atoms with Crippen molar-refractivity contribution >= 4 is 38.9 Å². The summed E-state index contributed by atoms with van der Waals surface area (Å²) in [4.78, 5) is 17.9. The number of nitrogens with zero attached hydrogens (tertiary/aromatic N) is 4. The smallest absolute Gasteiger partial charge is 0.407 e. The average Bonchev–Trinajstić information content (AvgIpc) is 3.65. The fourth-order valence-electron chi connectivity index (χ4n) is 4.48. The molecule has 6 rings (SSSR count). The second-order valence-corrected chi connectivity index (χ2v) is 9.68. The molecule has 2 aromatic carbocycles. The number of furan rings is 1. The molecule has 194 valence electrons. The molecule has 3 aromatic heterocycles. The van der Waals surface area contributed by atoms with Crippen LogP contribution in [0.15, 0.2) is 59.2 Å². The minimum Gasteiger partial charge on any atom is -0.497 e. The lowest BCUT2D eigenvalue weighted by Crippen LogP contribution is -2.33. The molecular formula is C27H24N4O6S. The van der Waals surface area contributed by atoms with Gasteiger partial charge < -0.3 is 28.6 Å². The Hall–Kier alpha value is -4.51. The molecular weight excluding hydrogens is 508 g/mol. The van der Waals surface area contributed by atoms with E-state index in [0.717, 1.165) is 27.8 Å². The van der Waals surface area contributed by atoms with Crippen molar-refractivity contribution in [3.05, 3.63) is 65.9 Å². The molecule has 4 heterocycles. The van der Waals surface area contributed by atoms with E-state index in [1.54, 1.807) is 24.9 Å². The van der Waals surface area contributed by atoms with Crippen molar-refractivity contribution < 1.29 is 28.5 Å². The first-order valence-electron chi connectivity index (χ1n) is 11.9. The van der Waals surface area contributed by atoms with E-state index in [2.05, 4.69) is 10.1 Å². The summed E-state index contributed by atoms with van der Waals surface area (Å²) in [6, 6.07) is 13.6. The molecule has 11 heteroatoms. The van der Waals surface area contributed by atoms with Crippen LogP contribution >= 0.6 is 11.3 Å². The number of hydrogen-bond acceptors (Lipinski definition) is 8. The molecule has 1 amide bonds.